The fourth-order valence-corrected chi connectivity index (χ4v) is 0.940. The summed E-state index contributed by atoms with van der Waals surface area (Å²) in [5.41, 5.74) is -0.166. The Labute approximate surface area is 74.6 Å². The molecular formula is C9H10F3N. The van der Waals surface area contributed by atoms with Gasteiger partial charge in [-0.2, -0.15) is 13.2 Å². The molecule has 72 valence electrons. The molecule has 0 aromatic carbocycles. The lowest BCUT2D eigenvalue weighted by atomic mass is 10.1. The van der Waals surface area contributed by atoms with Crippen molar-refractivity contribution in [2.24, 2.45) is 0 Å². The molecule has 1 aromatic rings. The molecule has 1 nitrogen and oxygen atoms in total. The smallest absolute Gasteiger partial charge is 0.261 e. The van der Waals surface area contributed by atoms with Gasteiger partial charge in [0.15, 0.2) is 0 Å². The molecule has 0 spiro atoms. The Morgan fingerprint density at radius 3 is 2.38 bits per heavy atom. The molecule has 0 fully saturated rings. The summed E-state index contributed by atoms with van der Waals surface area (Å²) < 4.78 is 36.6. The van der Waals surface area contributed by atoms with E-state index in [0.717, 1.165) is 12.1 Å². The van der Waals surface area contributed by atoms with Crippen LogP contribution in [0, 0.1) is 0 Å². The second-order valence-corrected chi connectivity index (χ2v) is 3.12. The predicted molar refractivity (Wildman–Crippen MR) is 43.3 cm³/mol. The molecule has 0 aliphatic rings. The van der Waals surface area contributed by atoms with E-state index in [2.05, 4.69) is 4.98 Å². The van der Waals surface area contributed by atoms with Crippen molar-refractivity contribution in [3.63, 3.8) is 0 Å². The van der Waals surface area contributed by atoms with Crippen molar-refractivity contribution in [1.82, 2.24) is 4.98 Å². The molecule has 0 aliphatic heterocycles. The second-order valence-electron chi connectivity index (χ2n) is 3.12. The SMILES string of the molecule is CC(C)c1cc(C(F)(F)F)ccn1. The second kappa shape index (κ2) is 3.36. The first-order valence-corrected chi connectivity index (χ1v) is 3.94. The first kappa shape index (κ1) is 10.0. The number of hydrogen-bond acceptors (Lipinski definition) is 1. The molecule has 0 amide bonds. The summed E-state index contributed by atoms with van der Waals surface area (Å²) in [4.78, 5) is 3.85. The third kappa shape index (κ3) is 2.44. The number of hydrogen-bond donors (Lipinski definition) is 0. The molecule has 0 saturated carbocycles. The summed E-state index contributed by atoms with van der Waals surface area (Å²) in [6.07, 6.45) is -3.08. The third-order valence-corrected chi connectivity index (χ3v) is 1.70. The van der Waals surface area contributed by atoms with Crippen molar-refractivity contribution in [2.75, 3.05) is 0 Å². The number of rotatable bonds is 1. The fraction of sp³-hybridized carbons (Fsp3) is 0.444. The molecule has 0 atom stereocenters. The Balaban J connectivity index is 3.06. The Bertz CT molecular complexity index is 291. The summed E-state index contributed by atoms with van der Waals surface area (Å²) in [6, 6.07) is 2.07. The molecule has 0 bridgehead atoms. The highest BCUT2D eigenvalue weighted by molar-refractivity contribution is 5.20. The van der Waals surface area contributed by atoms with Crippen molar-refractivity contribution in [3.05, 3.63) is 29.6 Å². The molecule has 0 N–H and O–H groups in total. The highest BCUT2D eigenvalue weighted by Gasteiger charge is 2.30. The highest BCUT2D eigenvalue weighted by atomic mass is 19.4. The number of nitrogens with zero attached hydrogens (tertiary/aromatic N) is 1. The first-order chi connectivity index (χ1) is 5.91. The minimum Gasteiger partial charge on any atom is -0.261 e. The molecule has 0 unspecified atom stereocenters. The summed E-state index contributed by atoms with van der Waals surface area (Å²) >= 11 is 0. The monoisotopic (exact) mass is 189 g/mol. The van der Waals surface area contributed by atoms with E-state index in [4.69, 9.17) is 0 Å². The topological polar surface area (TPSA) is 12.9 Å². The molecule has 0 aliphatic carbocycles. The molecule has 1 heterocycles. The quantitative estimate of drug-likeness (QED) is 0.660. The third-order valence-electron chi connectivity index (χ3n) is 1.70. The molecule has 0 saturated heterocycles. The van der Waals surface area contributed by atoms with Crippen LogP contribution in [0.2, 0.25) is 0 Å². The largest absolute Gasteiger partial charge is 0.416 e. The number of pyridine rings is 1. The maximum absolute atomic E-state index is 12.2. The fourth-order valence-electron chi connectivity index (χ4n) is 0.940. The summed E-state index contributed by atoms with van der Waals surface area (Å²) in [6.45, 7) is 3.62. The lowest BCUT2D eigenvalue weighted by Crippen LogP contribution is -2.06. The van der Waals surface area contributed by atoms with Crippen molar-refractivity contribution >= 4 is 0 Å². The van der Waals surface area contributed by atoms with Gasteiger partial charge in [0.1, 0.15) is 0 Å². The van der Waals surface area contributed by atoms with Gasteiger partial charge < -0.3 is 0 Å². The summed E-state index contributed by atoms with van der Waals surface area (Å²) in [5, 5.41) is 0. The van der Waals surface area contributed by atoms with Gasteiger partial charge in [-0.1, -0.05) is 13.8 Å². The maximum atomic E-state index is 12.2. The van der Waals surface area contributed by atoms with Gasteiger partial charge in [0, 0.05) is 11.9 Å². The van der Waals surface area contributed by atoms with Crippen LogP contribution >= 0.6 is 0 Å². The lowest BCUT2D eigenvalue weighted by Gasteiger charge is -2.09. The summed E-state index contributed by atoms with van der Waals surface area (Å²) in [5.74, 6) is 0.0160. The highest BCUT2D eigenvalue weighted by Crippen LogP contribution is 2.30. The molecular weight excluding hydrogens is 179 g/mol. The standard InChI is InChI=1S/C9H10F3N/c1-6(2)8-5-7(3-4-13-8)9(10,11)12/h3-6H,1-2H3. The van der Waals surface area contributed by atoms with Crippen LogP contribution in [-0.2, 0) is 6.18 Å². The Morgan fingerprint density at radius 1 is 1.31 bits per heavy atom. The van der Waals surface area contributed by atoms with Crippen LogP contribution in [0.25, 0.3) is 0 Å². The minimum atomic E-state index is -4.27. The minimum absolute atomic E-state index is 0.0160. The van der Waals surface area contributed by atoms with Crippen molar-refractivity contribution in [1.29, 1.82) is 0 Å². The zero-order valence-electron chi connectivity index (χ0n) is 7.39. The van der Waals surface area contributed by atoms with E-state index < -0.39 is 11.7 Å². The molecule has 1 rings (SSSR count). The number of aromatic nitrogens is 1. The van der Waals surface area contributed by atoms with Gasteiger partial charge in [0.25, 0.3) is 0 Å². The van der Waals surface area contributed by atoms with Crippen LogP contribution in [-0.4, -0.2) is 4.98 Å². The summed E-state index contributed by atoms with van der Waals surface area (Å²) in [7, 11) is 0. The average Bonchev–Trinajstić information content (AvgIpc) is 2.03. The van der Waals surface area contributed by atoms with Crippen LogP contribution in [0.5, 0.6) is 0 Å². The molecule has 1 aromatic heterocycles. The van der Waals surface area contributed by atoms with Crippen LogP contribution in [0.3, 0.4) is 0 Å². The van der Waals surface area contributed by atoms with E-state index in [1.807, 2.05) is 13.8 Å². The van der Waals surface area contributed by atoms with E-state index in [-0.39, 0.29) is 5.92 Å². The Hall–Kier alpha value is -1.06. The predicted octanol–water partition coefficient (Wildman–Crippen LogP) is 3.22. The van der Waals surface area contributed by atoms with Gasteiger partial charge in [0.2, 0.25) is 0 Å². The van der Waals surface area contributed by atoms with Gasteiger partial charge in [-0.05, 0) is 18.1 Å². The lowest BCUT2D eigenvalue weighted by molar-refractivity contribution is -0.137. The molecule has 13 heavy (non-hydrogen) atoms. The van der Waals surface area contributed by atoms with E-state index in [9.17, 15) is 13.2 Å². The van der Waals surface area contributed by atoms with Crippen LogP contribution < -0.4 is 0 Å². The van der Waals surface area contributed by atoms with Gasteiger partial charge in [-0.3, -0.25) is 4.98 Å². The van der Waals surface area contributed by atoms with Crippen LogP contribution in [0.4, 0.5) is 13.2 Å². The van der Waals surface area contributed by atoms with E-state index in [1.54, 1.807) is 0 Å². The average molecular weight is 189 g/mol. The van der Waals surface area contributed by atoms with E-state index in [0.29, 0.717) is 5.69 Å². The van der Waals surface area contributed by atoms with Crippen LogP contribution in [0.15, 0.2) is 18.3 Å². The number of halogens is 3. The van der Waals surface area contributed by atoms with Gasteiger partial charge in [-0.25, -0.2) is 0 Å². The van der Waals surface area contributed by atoms with E-state index in [1.165, 1.54) is 6.20 Å². The van der Waals surface area contributed by atoms with Crippen molar-refractivity contribution in [2.45, 2.75) is 25.9 Å². The maximum Gasteiger partial charge on any atom is 0.416 e. The Kier molecular flexibility index (Phi) is 2.59. The van der Waals surface area contributed by atoms with E-state index >= 15 is 0 Å². The Morgan fingerprint density at radius 2 is 1.92 bits per heavy atom. The van der Waals surface area contributed by atoms with Gasteiger partial charge >= 0.3 is 6.18 Å². The molecule has 4 heteroatoms. The van der Waals surface area contributed by atoms with Gasteiger partial charge in [0.05, 0.1) is 5.56 Å². The van der Waals surface area contributed by atoms with Crippen LogP contribution in [0.1, 0.15) is 31.0 Å². The molecule has 0 radical (unpaired) electrons. The number of alkyl halides is 3. The van der Waals surface area contributed by atoms with Gasteiger partial charge in [-0.15, -0.1) is 0 Å². The normalized spacial score (nSPS) is 12.2. The zero-order valence-corrected chi connectivity index (χ0v) is 7.39. The zero-order chi connectivity index (χ0) is 10.1. The van der Waals surface area contributed by atoms with Crippen molar-refractivity contribution in [3.8, 4) is 0 Å². The van der Waals surface area contributed by atoms with Crippen molar-refractivity contribution < 1.29 is 13.2 Å². The first-order valence-electron chi connectivity index (χ1n) is 3.94.